The van der Waals surface area contributed by atoms with E-state index in [0.717, 1.165) is 14.9 Å². The molecule has 0 saturated carbocycles. The van der Waals surface area contributed by atoms with Gasteiger partial charge in [-0.05, 0) is 40.4 Å². The molecule has 0 N–H and O–H groups in total. The van der Waals surface area contributed by atoms with E-state index in [1.165, 1.54) is 0 Å². The predicted octanol–water partition coefficient (Wildman–Crippen LogP) is 4.40. The van der Waals surface area contributed by atoms with Gasteiger partial charge in [-0.15, -0.1) is 11.8 Å². The Hall–Kier alpha value is -1.06. The van der Waals surface area contributed by atoms with Gasteiger partial charge in [-0.25, -0.2) is 0 Å². The lowest BCUT2D eigenvalue weighted by molar-refractivity contribution is 0.103. The second kappa shape index (κ2) is 5.52. The van der Waals surface area contributed by atoms with Gasteiger partial charge >= 0.3 is 0 Å². The van der Waals surface area contributed by atoms with Crippen molar-refractivity contribution < 1.29 is 4.79 Å². The summed E-state index contributed by atoms with van der Waals surface area (Å²) < 4.78 is 0.965. The summed E-state index contributed by atoms with van der Waals surface area (Å²) in [5.41, 5.74) is 1.43. The monoisotopic (exact) mass is 306 g/mol. The summed E-state index contributed by atoms with van der Waals surface area (Å²) in [7, 11) is 0. The van der Waals surface area contributed by atoms with Crippen LogP contribution in [-0.4, -0.2) is 12.0 Å². The molecule has 1 nitrogen and oxygen atoms in total. The van der Waals surface area contributed by atoms with Gasteiger partial charge in [0.1, 0.15) is 0 Å². The second-order valence-corrected chi connectivity index (χ2v) is 5.25. The molecule has 0 bridgehead atoms. The Morgan fingerprint density at radius 3 is 2.35 bits per heavy atom. The third-order valence-corrected chi connectivity index (χ3v) is 4.16. The molecular weight excluding hydrogens is 296 g/mol. The number of rotatable bonds is 3. The zero-order chi connectivity index (χ0) is 12.3. The lowest BCUT2D eigenvalue weighted by Gasteiger charge is -2.04. The Morgan fingerprint density at radius 2 is 1.76 bits per heavy atom. The van der Waals surface area contributed by atoms with Gasteiger partial charge in [-0.3, -0.25) is 4.79 Å². The van der Waals surface area contributed by atoms with Crippen molar-refractivity contribution in [2.75, 3.05) is 6.26 Å². The Kier molecular flexibility index (Phi) is 4.02. The molecule has 2 rings (SSSR count). The molecule has 3 heteroatoms. The van der Waals surface area contributed by atoms with Crippen molar-refractivity contribution in [1.82, 2.24) is 0 Å². The fourth-order valence-corrected chi connectivity index (χ4v) is 2.89. The average Bonchev–Trinajstić information content (AvgIpc) is 2.39. The van der Waals surface area contributed by atoms with Crippen LogP contribution < -0.4 is 0 Å². The van der Waals surface area contributed by atoms with Gasteiger partial charge in [-0.2, -0.15) is 0 Å². The molecule has 0 fully saturated rings. The molecule has 2 aromatic rings. The molecule has 0 aromatic heterocycles. The molecule has 0 amide bonds. The van der Waals surface area contributed by atoms with E-state index in [1.807, 2.05) is 54.8 Å². The van der Waals surface area contributed by atoms with Crippen LogP contribution >= 0.6 is 27.7 Å². The zero-order valence-electron chi connectivity index (χ0n) is 9.31. The van der Waals surface area contributed by atoms with Crippen molar-refractivity contribution in [2.45, 2.75) is 4.90 Å². The van der Waals surface area contributed by atoms with Crippen molar-refractivity contribution in [3.63, 3.8) is 0 Å². The predicted molar refractivity (Wildman–Crippen MR) is 75.8 cm³/mol. The van der Waals surface area contributed by atoms with E-state index in [2.05, 4.69) is 15.9 Å². The molecule has 0 unspecified atom stereocenters. The maximum atomic E-state index is 12.2. The average molecular weight is 307 g/mol. The lowest BCUT2D eigenvalue weighted by atomic mass is 10.0. The highest BCUT2D eigenvalue weighted by Crippen LogP contribution is 2.27. The van der Waals surface area contributed by atoms with Crippen LogP contribution in [0.4, 0.5) is 0 Å². The fourth-order valence-electron chi connectivity index (χ4n) is 1.56. The van der Waals surface area contributed by atoms with Gasteiger partial charge in [0.25, 0.3) is 0 Å². The second-order valence-electron chi connectivity index (χ2n) is 3.54. The third-order valence-electron chi connectivity index (χ3n) is 2.45. The van der Waals surface area contributed by atoms with Gasteiger partial charge < -0.3 is 0 Å². The summed E-state index contributed by atoms with van der Waals surface area (Å²) in [5, 5.41) is 0. The van der Waals surface area contributed by atoms with Gasteiger partial charge in [0.2, 0.25) is 0 Å². The minimum Gasteiger partial charge on any atom is -0.289 e. The summed E-state index contributed by atoms with van der Waals surface area (Å²) in [6, 6.07) is 15.0. The van der Waals surface area contributed by atoms with E-state index in [9.17, 15) is 4.79 Å². The topological polar surface area (TPSA) is 17.1 Å². The quantitative estimate of drug-likeness (QED) is 0.617. The number of hydrogen-bond acceptors (Lipinski definition) is 2. The minimum absolute atomic E-state index is 0.0546. The van der Waals surface area contributed by atoms with E-state index in [-0.39, 0.29) is 5.78 Å². The number of benzene rings is 2. The summed E-state index contributed by atoms with van der Waals surface area (Å²) in [4.78, 5) is 13.3. The van der Waals surface area contributed by atoms with Crippen LogP contribution in [0.1, 0.15) is 15.9 Å². The molecule has 0 aliphatic carbocycles. The van der Waals surface area contributed by atoms with Crippen LogP contribution in [0.5, 0.6) is 0 Å². The smallest absolute Gasteiger partial charge is 0.193 e. The molecule has 17 heavy (non-hydrogen) atoms. The van der Waals surface area contributed by atoms with Crippen LogP contribution in [0.15, 0.2) is 57.9 Å². The van der Waals surface area contributed by atoms with Crippen LogP contribution in [-0.2, 0) is 0 Å². The highest BCUT2D eigenvalue weighted by Gasteiger charge is 2.10. The maximum absolute atomic E-state index is 12.2. The van der Waals surface area contributed by atoms with E-state index < -0.39 is 0 Å². The Balaban J connectivity index is 2.35. The van der Waals surface area contributed by atoms with E-state index >= 15 is 0 Å². The van der Waals surface area contributed by atoms with E-state index in [4.69, 9.17) is 0 Å². The highest BCUT2D eigenvalue weighted by atomic mass is 79.9. The molecule has 0 radical (unpaired) electrons. The molecule has 0 aliphatic rings. The largest absolute Gasteiger partial charge is 0.289 e. The summed E-state index contributed by atoms with van der Waals surface area (Å²) >= 11 is 5.13. The molecule has 0 saturated heterocycles. The third kappa shape index (κ3) is 2.79. The van der Waals surface area contributed by atoms with Crippen molar-refractivity contribution in [1.29, 1.82) is 0 Å². The van der Waals surface area contributed by atoms with Gasteiger partial charge in [-0.1, -0.05) is 30.3 Å². The van der Waals surface area contributed by atoms with Crippen LogP contribution in [0.3, 0.4) is 0 Å². The zero-order valence-corrected chi connectivity index (χ0v) is 11.7. The van der Waals surface area contributed by atoms with Crippen molar-refractivity contribution >= 4 is 33.5 Å². The van der Waals surface area contributed by atoms with Crippen LogP contribution in [0, 0.1) is 0 Å². The molecule has 2 aromatic carbocycles. The molecule has 0 aliphatic heterocycles. The van der Waals surface area contributed by atoms with E-state index in [1.54, 1.807) is 11.8 Å². The molecule has 86 valence electrons. The Bertz CT molecular complexity index is 537. The Labute approximate surface area is 113 Å². The van der Waals surface area contributed by atoms with Crippen molar-refractivity contribution in [3.05, 3.63) is 64.1 Å². The number of ketones is 1. The number of halogens is 1. The van der Waals surface area contributed by atoms with E-state index in [0.29, 0.717) is 5.56 Å². The van der Waals surface area contributed by atoms with Crippen molar-refractivity contribution in [3.8, 4) is 0 Å². The first-order valence-electron chi connectivity index (χ1n) is 5.15. The standard InChI is InChI=1S/C14H11BrOS/c1-17-13-8-7-11(9-12(13)15)14(16)10-5-3-2-4-6-10/h2-9H,1H3. The summed E-state index contributed by atoms with van der Waals surface area (Å²) in [5.74, 6) is 0.0546. The van der Waals surface area contributed by atoms with Gasteiger partial charge in [0, 0.05) is 20.5 Å². The first-order chi connectivity index (χ1) is 8.22. The molecule has 0 spiro atoms. The summed E-state index contributed by atoms with van der Waals surface area (Å²) in [6.07, 6.45) is 2.01. The first-order valence-corrected chi connectivity index (χ1v) is 7.17. The SMILES string of the molecule is CSc1ccc(C(=O)c2ccccc2)cc1Br. The normalized spacial score (nSPS) is 10.2. The molecule has 0 atom stereocenters. The highest BCUT2D eigenvalue weighted by molar-refractivity contribution is 9.10. The number of carbonyl (C=O) groups is 1. The van der Waals surface area contributed by atoms with Crippen LogP contribution in [0.2, 0.25) is 0 Å². The Morgan fingerprint density at radius 1 is 1.06 bits per heavy atom. The van der Waals surface area contributed by atoms with Crippen LogP contribution in [0.25, 0.3) is 0 Å². The minimum atomic E-state index is 0.0546. The number of thioether (sulfide) groups is 1. The first kappa shape index (κ1) is 12.4. The lowest BCUT2D eigenvalue weighted by Crippen LogP contribution is -2.00. The number of hydrogen-bond donors (Lipinski definition) is 0. The molecular formula is C14H11BrOS. The van der Waals surface area contributed by atoms with Gasteiger partial charge in [0.05, 0.1) is 0 Å². The van der Waals surface area contributed by atoms with Crippen molar-refractivity contribution in [2.24, 2.45) is 0 Å². The molecule has 0 heterocycles. The maximum Gasteiger partial charge on any atom is 0.193 e. The number of carbonyl (C=O) groups excluding carboxylic acids is 1. The fraction of sp³-hybridized carbons (Fsp3) is 0.0714. The summed E-state index contributed by atoms with van der Waals surface area (Å²) in [6.45, 7) is 0. The van der Waals surface area contributed by atoms with Gasteiger partial charge in [0.15, 0.2) is 5.78 Å².